The average molecular weight is 276 g/mol. The Morgan fingerprint density at radius 1 is 1.35 bits per heavy atom. The van der Waals surface area contributed by atoms with Crippen molar-refractivity contribution in [3.8, 4) is 5.75 Å². The molecule has 0 unspecified atom stereocenters. The van der Waals surface area contributed by atoms with Gasteiger partial charge in [-0.15, -0.1) is 0 Å². The van der Waals surface area contributed by atoms with Gasteiger partial charge in [-0.3, -0.25) is 5.41 Å². The van der Waals surface area contributed by atoms with E-state index >= 15 is 0 Å². The van der Waals surface area contributed by atoms with Gasteiger partial charge in [-0.05, 0) is 25.0 Å². The predicted molar refractivity (Wildman–Crippen MR) is 78.3 cm³/mol. The second-order valence-corrected chi connectivity index (χ2v) is 4.98. The zero-order chi connectivity index (χ0) is 14.6. The smallest absolute Gasteiger partial charge is 0.320 e. The quantitative estimate of drug-likeness (QED) is 0.500. The molecule has 0 aliphatic heterocycles. The number of rotatable bonds is 4. The largest absolute Gasteiger partial charge is 0.495 e. The van der Waals surface area contributed by atoms with Crippen LogP contribution in [0.4, 0.5) is 10.5 Å². The van der Waals surface area contributed by atoms with E-state index in [4.69, 9.17) is 15.9 Å². The first-order chi connectivity index (χ1) is 9.57. The SMILES string of the molecule is COc1ccccc1NC(=O)NC1(C(=N)N)CCCC1. The standard InChI is InChI=1S/C14H20N4O2/c1-20-11-7-3-2-6-10(11)17-13(19)18-14(12(15)16)8-4-5-9-14/h2-3,6-7H,4-5,8-9H2,1H3,(H3,15,16)(H2,17,18,19). The van der Waals surface area contributed by atoms with Gasteiger partial charge in [0.1, 0.15) is 11.6 Å². The summed E-state index contributed by atoms with van der Waals surface area (Å²) in [7, 11) is 1.55. The van der Waals surface area contributed by atoms with E-state index in [2.05, 4.69) is 10.6 Å². The molecule has 2 amide bonds. The number of amidine groups is 1. The molecule has 6 nitrogen and oxygen atoms in total. The van der Waals surface area contributed by atoms with Crippen molar-refractivity contribution in [1.82, 2.24) is 5.32 Å². The number of methoxy groups -OCH3 is 1. The number of ether oxygens (including phenoxy) is 1. The van der Waals surface area contributed by atoms with Crippen molar-refractivity contribution >= 4 is 17.6 Å². The molecule has 0 bridgehead atoms. The molecule has 1 aliphatic rings. The fraction of sp³-hybridized carbons (Fsp3) is 0.429. The highest BCUT2D eigenvalue weighted by molar-refractivity contribution is 5.97. The molecular weight excluding hydrogens is 256 g/mol. The van der Waals surface area contributed by atoms with E-state index < -0.39 is 5.54 Å². The van der Waals surface area contributed by atoms with Crippen LogP contribution in [-0.4, -0.2) is 24.5 Å². The highest BCUT2D eigenvalue weighted by atomic mass is 16.5. The monoisotopic (exact) mass is 276 g/mol. The lowest BCUT2D eigenvalue weighted by atomic mass is 9.96. The third kappa shape index (κ3) is 2.84. The topological polar surface area (TPSA) is 100 Å². The third-order valence-corrected chi connectivity index (χ3v) is 3.68. The second-order valence-electron chi connectivity index (χ2n) is 4.98. The fourth-order valence-corrected chi connectivity index (χ4v) is 2.56. The van der Waals surface area contributed by atoms with Gasteiger partial charge >= 0.3 is 6.03 Å². The lowest BCUT2D eigenvalue weighted by Crippen LogP contribution is -2.56. The minimum atomic E-state index is -0.702. The van der Waals surface area contributed by atoms with Crippen molar-refractivity contribution in [1.29, 1.82) is 5.41 Å². The highest BCUT2D eigenvalue weighted by Gasteiger charge is 2.38. The molecule has 0 radical (unpaired) electrons. The van der Waals surface area contributed by atoms with Crippen LogP contribution in [0, 0.1) is 5.41 Å². The summed E-state index contributed by atoms with van der Waals surface area (Å²) in [5.74, 6) is 0.608. The molecule has 6 heteroatoms. The Morgan fingerprint density at radius 3 is 2.60 bits per heavy atom. The van der Waals surface area contributed by atoms with Crippen molar-refractivity contribution in [3.05, 3.63) is 24.3 Å². The summed E-state index contributed by atoms with van der Waals surface area (Å²) in [4.78, 5) is 12.1. The Kier molecular flexibility index (Phi) is 4.12. The number of benzene rings is 1. The number of carbonyl (C=O) groups excluding carboxylic acids is 1. The minimum absolute atomic E-state index is 0.0187. The van der Waals surface area contributed by atoms with Gasteiger partial charge in [0.15, 0.2) is 0 Å². The number of carbonyl (C=O) groups is 1. The maximum atomic E-state index is 12.1. The summed E-state index contributed by atoms with van der Waals surface area (Å²) in [6, 6.07) is 6.80. The summed E-state index contributed by atoms with van der Waals surface area (Å²) < 4.78 is 5.18. The molecule has 0 spiro atoms. The predicted octanol–water partition coefficient (Wildman–Crippen LogP) is 2.07. The molecule has 0 atom stereocenters. The van der Waals surface area contributed by atoms with E-state index in [1.807, 2.05) is 12.1 Å². The molecule has 1 saturated carbocycles. The Bertz CT molecular complexity index is 510. The molecule has 0 aromatic heterocycles. The number of amides is 2. The van der Waals surface area contributed by atoms with Crippen LogP contribution < -0.4 is 21.1 Å². The molecule has 0 saturated heterocycles. The fourth-order valence-electron chi connectivity index (χ4n) is 2.56. The molecular formula is C14H20N4O2. The number of urea groups is 1. The molecule has 5 N–H and O–H groups in total. The zero-order valence-electron chi connectivity index (χ0n) is 11.5. The van der Waals surface area contributed by atoms with E-state index in [0.717, 1.165) is 12.8 Å². The number of para-hydroxylation sites is 2. The van der Waals surface area contributed by atoms with Gasteiger partial charge in [0.05, 0.1) is 18.3 Å². The van der Waals surface area contributed by atoms with Crippen molar-refractivity contribution in [2.45, 2.75) is 31.2 Å². The lowest BCUT2D eigenvalue weighted by Gasteiger charge is -2.29. The van der Waals surface area contributed by atoms with Crippen LogP contribution in [0.15, 0.2) is 24.3 Å². The highest BCUT2D eigenvalue weighted by Crippen LogP contribution is 2.30. The Morgan fingerprint density at radius 2 is 2.00 bits per heavy atom. The molecule has 0 heterocycles. The van der Waals surface area contributed by atoms with Crippen LogP contribution in [-0.2, 0) is 0 Å². The lowest BCUT2D eigenvalue weighted by molar-refractivity contribution is 0.244. The van der Waals surface area contributed by atoms with Crippen molar-refractivity contribution < 1.29 is 9.53 Å². The molecule has 1 aromatic carbocycles. The number of nitrogens with two attached hydrogens (primary N) is 1. The summed E-state index contributed by atoms with van der Waals surface area (Å²) in [5, 5.41) is 13.3. The number of anilines is 1. The van der Waals surface area contributed by atoms with Gasteiger partial charge in [-0.1, -0.05) is 25.0 Å². The number of nitrogens with one attached hydrogen (secondary N) is 3. The zero-order valence-corrected chi connectivity index (χ0v) is 11.5. The summed E-state index contributed by atoms with van der Waals surface area (Å²) in [6.07, 6.45) is 3.35. The Hall–Kier alpha value is -2.24. The van der Waals surface area contributed by atoms with Crippen LogP contribution in [0.25, 0.3) is 0 Å². The number of hydrogen-bond acceptors (Lipinski definition) is 3. The van der Waals surface area contributed by atoms with Gasteiger partial charge in [0, 0.05) is 0 Å². The van der Waals surface area contributed by atoms with E-state index in [0.29, 0.717) is 24.3 Å². The Balaban J connectivity index is 2.07. The van der Waals surface area contributed by atoms with Crippen molar-refractivity contribution in [3.63, 3.8) is 0 Å². The first-order valence-corrected chi connectivity index (χ1v) is 6.64. The van der Waals surface area contributed by atoms with Crippen molar-refractivity contribution in [2.24, 2.45) is 5.73 Å². The summed E-state index contributed by atoms with van der Waals surface area (Å²) >= 11 is 0. The third-order valence-electron chi connectivity index (χ3n) is 3.68. The van der Waals surface area contributed by atoms with E-state index in [-0.39, 0.29) is 11.9 Å². The summed E-state index contributed by atoms with van der Waals surface area (Å²) in [6.45, 7) is 0. The van der Waals surface area contributed by atoms with Crippen LogP contribution in [0.2, 0.25) is 0 Å². The first-order valence-electron chi connectivity index (χ1n) is 6.64. The molecule has 2 rings (SSSR count). The Labute approximate surface area is 118 Å². The number of hydrogen-bond donors (Lipinski definition) is 4. The van der Waals surface area contributed by atoms with E-state index in [9.17, 15) is 4.79 Å². The van der Waals surface area contributed by atoms with Gasteiger partial charge in [-0.25, -0.2) is 4.79 Å². The van der Waals surface area contributed by atoms with Crippen LogP contribution >= 0.6 is 0 Å². The van der Waals surface area contributed by atoms with Crippen LogP contribution in [0.5, 0.6) is 5.75 Å². The summed E-state index contributed by atoms with van der Waals surface area (Å²) in [5.41, 5.74) is 5.53. The van der Waals surface area contributed by atoms with E-state index in [1.165, 1.54) is 0 Å². The maximum absolute atomic E-state index is 12.1. The van der Waals surface area contributed by atoms with Crippen molar-refractivity contribution in [2.75, 3.05) is 12.4 Å². The molecule has 1 aromatic rings. The first kappa shape index (κ1) is 14.2. The normalized spacial score (nSPS) is 16.4. The average Bonchev–Trinajstić information content (AvgIpc) is 2.89. The van der Waals surface area contributed by atoms with E-state index in [1.54, 1.807) is 19.2 Å². The minimum Gasteiger partial charge on any atom is -0.495 e. The van der Waals surface area contributed by atoms with Crippen LogP contribution in [0.1, 0.15) is 25.7 Å². The van der Waals surface area contributed by atoms with Gasteiger partial charge in [0.25, 0.3) is 0 Å². The van der Waals surface area contributed by atoms with Gasteiger partial charge in [0.2, 0.25) is 0 Å². The molecule has 20 heavy (non-hydrogen) atoms. The van der Waals surface area contributed by atoms with Gasteiger partial charge < -0.3 is 21.1 Å². The second kappa shape index (κ2) is 5.81. The van der Waals surface area contributed by atoms with Gasteiger partial charge in [-0.2, -0.15) is 0 Å². The molecule has 1 aliphatic carbocycles. The molecule has 1 fully saturated rings. The van der Waals surface area contributed by atoms with Crippen LogP contribution in [0.3, 0.4) is 0 Å². The maximum Gasteiger partial charge on any atom is 0.320 e. The molecule has 108 valence electrons.